The molecule has 0 spiro atoms. The molecule has 7 nitrogen and oxygen atoms in total. The number of nitrogens with zero attached hydrogens (tertiary/aromatic N) is 2. The lowest BCUT2D eigenvalue weighted by molar-refractivity contribution is -0.385. The first-order valence-electron chi connectivity index (χ1n) is 7.92. The van der Waals surface area contributed by atoms with Gasteiger partial charge in [0, 0.05) is 27.6 Å². The summed E-state index contributed by atoms with van der Waals surface area (Å²) in [4.78, 5) is 27.4. The molecule has 0 unspecified atom stereocenters. The van der Waals surface area contributed by atoms with Crippen molar-refractivity contribution in [2.24, 2.45) is 0 Å². The number of nitro benzene ring substituents is 1. The summed E-state index contributed by atoms with van der Waals surface area (Å²) in [6.07, 6.45) is 0. The van der Waals surface area contributed by atoms with Gasteiger partial charge in [0.1, 0.15) is 0 Å². The molecule has 0 aliphatic carbocycles. The quantitative estimate of drug-likeness (QED) is 0.460. The highest BCUT2D eigenvalue weighted by Gasteiger charge is 2.19. The van der Waals surface area contributed by atoms with E-state index in [1.54, 1.807) is 24.4 Å². The van der Waals surface area contributed by atoms with Crippen LogP contribution in [-0.4, -0.2) is 22.4 Å². The van der Waals surface area contributed by atoms with Gasteiger partial charge in [-0.05, 0) is 31.2 Å². The fraction of sp³-hybridized carbons (Fsp3) is 0.111. The Hall–Kier alpha value is -2.97. The second-order valence-corrected chi connectivity index (χ2v) is 6.67. The number of nitrogens with one attached hydrogen (secondary N) is 1. The van der Waals surface area contributed by atoms with Gasteiger partial charge in [0.2, 0.25) is 0 Å². The van der Waals surface area contributed by atoms with E-state index in [-0.39, 0.29) is 17.0 Å². The van der Waals surface area contributed by atoms with Crippen molar-refractivity contribution >= 4 is 39.7 Å². The molecule has 1 aromatic heterocycles. The second kappa shape index (κ2) is 8.15. The van der Waals surface area contributed by atoms with Crippen molar-refractivity contribution in [2.75, 3.05) is 11.9 Å². The molecule has 2 aromatic carbocycles. The van der Waals surface area contributed by atoms with Gasteiger partial charge in [0.15, 0.2) is 10.9 Å². The Morgan fingerprint density at radius 3 is 2.70 bits per heavy atom. The number of carbonyl (C=O) groups is 1. The van der Waals surface area contributed by atoms with Gasteiger partial charge >= 0.3 is 5.69 Å². The van der Waals surface area contributed by atoms with E-state index in [0.29, 0.717) is 22.5 Å². The summed E-state index contributed by atoms with van der Waals surface area (Å²) < 4.78 is 5.22. The molecule has 138 valence electrons. The SMILES string of the molecule is CCOc1ccc(C(=O)Nc2nc(-c3ccc(Cl)cc3)cs2)cc1[N+](=O)[O-]. The molecule has 1 heterocycles. The van der Waals surface area contributed by atoms with E-state index < -0.39 is 10.8 Å². The number of amides is 1. The average molecular weight is 404 g/mol. The van der Waals surface area contributed by atoms with Crippen molar-refractivity contribution in [1.29, 1.82) is 0 Å². The van der Waals surface area contributed by atoms with Gasteiger partial charge in [0.05, 0.1) is 17.2 Å². The van der Waals surface area contributed by atoms with Crippen molar-refractivity contribution in [3.8, 4) is 17.0 Å². The van der Waals surface area contributed by atoms with Crippen LogP contribution in [0.5, 0.6) is 5.75 Å². The molecular weight excluding hydrogens is 390 g/mol. The Labute approximate surface area is 163 Å². The summed E-state index contributed by atoms with van der Waals surface area (Å²) in [6, 6.07) is 11.3. The van der Waals surface area contributed by atoms with Crippen LogP contribution in [0.1, 0.15) is 17.3 Å². The molecule has 0 atom stereocenters. The van der Waals surface area contributed by atoms with Crippen molar-refractivity contribution < 1.29 is 14.5 Å². The van der Waals surface area contributed by atoms with Crippen LogP contribution in [0.2, 0.25) is 5.02 Å². The molecule has 0 saturated heterocycles. The molecule has 9 heteroatoms. The lowest BCUT2D eigenvalue weighted by Crippen LogP contribution is -2.12. The third-order valence-corrected chi connectivity index (χ3v) is 4.59. The monoisotopic (exact) mass is 403 g/mol. The van der Waals surface area contributed by atoms with Crippen molar-refractivity contribution in [1.82, 2.24) is 4.98 Å². The molecule has 3 rings (SSSR count). The lowest BCUT2D eigenvalue weighted by Gasteiger charge is -2.06. The minimum absolute atomic E-state index is 0.123. The van der Waals surface area contributed by atoms with E-state index in [9.17, 15) is 14.9 Å². The standard InChI is InChI=1S/C18H14ClN3O4S/c1-2-26-16-8-5-12(9-15(16)22(24)25)17(23)21-18-20-14(10-27-18)11-3-6-13(19)7-4-11/h3-10H,2H2,1H3,(H,20,21,23). The zero-order valence-electron chi connectivity index (χ0n) is 14.1. The number of nitro groups is 1. The second-order valence-electron chi connectivity index (χ2n) is 5.37. The Bertz CT molecular complexity index is 989. The number of hydrogen-bond donors (Lipinski definition) is 1. The molecule has 1 amide bonds. The molecule has 1 N–H and O–H groups in total. The summed E-state index contributed by atoms with van der Waals surface area (Å²) >= 11 is 7.13. The van der Waals surface area contributed by atoms with E-state index in [0.717, 1.165) is 5.56 Å². The van der Waals surface area contributed by atoms with E-state index in [4.69, 9.17) is 16.3 Å². The third kappa shape index (κ3) is 4.42. The maximum absolute atomic E-state index is 12.4. The number of halogens is 1. The molecule has 0 saturated carbocycles. The van der Waals surface area contributed by atoms with Gasteiger partial charge in [0.25, 0.3) is 5.91 Å². The molecule has 0 bridgehead atoms. The Balaban J connectivity index is 1.78. The third-order valence-electron chi connectivity index (χ3n) is 3.58. The van der Waals surface area contributed by atoms with Crippen molar-refractivity contribution in [3.63, 3.8) is 0 Å². The van der Waals surface area contributed by atoms with Gasteiger partial charge in [-0.3, -0.25) is 20.2 Å². The summed E-state index contributed by atoms with van der Waals surface area (Å²) in [7, 11) is 0. The number of ether oxygens (including phenoxy) is 1. The van der Waals surface area contributed by atoms with Gasteiger partial charge < -0.3 is 4.74 Å². The first-order valence-corrected chi connectivity index (χ1v) is 9.17. The zero-order valence-corrected chi connectivity index (χ0v) is 15.7. The van der Waals surface area contributed by atoms with Crippen molar-refractivity contribution in [2.45, 2.75) is 6.92 Å². The van der Waals surface area contributed by atoms with Crippen LogP contribution in [0.3, 0.4) is 0 Å². The molecule has 0 fully saturated rings. The summed E-state index contributed by atoms with van der Waals surface area (Å²) in [5.74, 6) is -0.364. The summed E-state index contributed by atoms with van der Waals surface area (Å²) in [5, 5.41) is 16.7. The van der Waals surface area contributed by atoms with E-state index in [1.165, 1.54) is 29.5 Å². The Kier molecular flexibility index (Phi) is 5.68. The van der Waals surface area contributed by atoms with Gasteiger partial charge in [-0.1, -0.05) is 23.7 Å². The van der Waals surface area contributed by atoms with Gasteiger partial charge in [-0.15, -0.1) is 11.3 Å². The van der Waals surface area contributed by atoms with E-state index in [1.807, 2.05) is 12.1 Å². The fourth-order valence-electron chi connectivity index (χ4n) is 2.33. The number of carbonyl (C=O) groups excluding carboxylic acids is 1. The van der Waals surface area contributed by atoms with E-state index >= 15 is 0 Å². The smallest absolute Gasteiger partial charge is 0.311 e. The summed E-state index contributed by atoms with van der Waals surface area (Å²) in [6.45, 7) is 2.02. The number of rotatable bonds is 6. The minimum atomic E-state index is -0.580. The van der Waals surface area contributed by atoms with Crippen molar-refractivity contribution in [3.05, 3.63) is 68.5 Å². The number of aromatic nitrogens is 1. The molecule has 0 aliphatic heterocycles. The van der Waals surface area contributed by atoms with E-state index in [2.05, 4.69) is 10.3 Å². The van der Waals surface area contributed by atoms with Crippen LogP contribution in [0.4, 0.5) is 10.8 Å². The highest BCUT2D eigenvalue weighted by atomic mass is 35.5. The predicted octanol–water partition coefficient (Wildman–Crippen LogP) is 5.02. The first-order chi connectivity index (χ1) is 13.0. The fourth-order valence-corrected chi connectivity index (χ4v) is 3.17. The number of hydrogen-bond acceptors (Lipinski definition) is 6. The van der Waals surface area contributed by atoms with Crippen LogP contribution in [-0.2, 0) is 0 Å². The topological polar surface area (TPSA) is 94.4 Å². The number of anilines is 1. The Morgan fingerprint density at radius 2 is 2.04 bits per heavy atom. The zero-order chi connectivity index (χ0) is 19.4. The predicted molar refractivity (Wildman–Crippen MR) is 105 cm³/mol. The summed E-state index contributed by atoms with van der Waals surface area (Å²) in [5.41, 5.74) is 1.45. The van der Waals surface area contributed by atoms with Gasteiger partial charge in [-0.2, -0.15) is 0 Å². The van der Waals surface area contributed by atoms with Crippen LogP contribution in [0, 0.1) is 10.1 Å². The molecule has 27 heavy (non-hydrogen) atoms. The highest BCUT2D eigenvalue weighted by Crippen LogP contribution is 2.29. The molecule has 3 aromatic rings. The molecular formula is C18H14ClN3O4S. The molecule has 0 aliphatic rings. The maximum atomic E-state index is 12.4. The Morgan fingerprint density at radius 1 is 1.30 bits per heavy atom. The highest BCUT2D eigenvalue weighted by molar-refractivity contribution is 7.14. The van der Waals surface area contributed by atoms with Crippen LogP contribution in [0.15, 0.2) is 47.8 Å². The normalized spacial score (nSPS) is 10.4. The average Bonchev–Trinajstić information content (AvgIpc) is 3.11. The van der Waals surface area contributed by atoms with Crippen LogP contribution >= 0.6 is 22.9 Å². The minimum Gasteiger partial charge on any atom is -0.487 e. The number of benzene rings is 2. The largest absolute Gasteiger partial charge is 0.487 e. The van der Waals surface area contributed by atoms with Crippen LogP contribution < -0.4 is 10.1 Å². The number of thiazole rings is 1. The molecule has 0 radical (unpaired) electrons. The van der Waals surface area contributed by atoms with Gasteiger partial charge in [-0.25, -0.2) is 4.98 Å². The van der Waals surface area contributed by atoms with Crippen LogP contribution in [0.25, 0.3) is 11.3 Å². The maximum Gasteiger partial charge on any atom is 0.311 e. The lowest BCUT2D eigenvalue weighted by atomic mass is 10.1. The first kappa shape index (κ1) is 18.8.